The highest BCUT2D eigenvalue weighted by Gasteiger charge is 2.23. The molecule has 0 amide bonds. The monoisotopic (exact) mass is 457 g/mol. The number of hydrogen-bond acceptors (Lipinski definition) is 2. The molecule has 0 heterocycles. The predicted octanol–water partition coefficient (Wildman–Crippen LogP) is 9.54. The number of allylic oxidation sites excluding steroid dienone is 6. The predicted molar refractivity (Wildman–Crippen MR) is 150 cm³/mol. The summed E-state index contributed by atoms with van der Waals surface area (Å²) in [6.45, 7) is 19.7. The van der Waals surface area contributed by atoms with Gasteiger partial charge in [0.25, 0.3) is 0 Å². The number of aryl methyl sites for hydroxylation is 1. The molecule has 0 spiro atoms. The van der Waals surface area contributed by atoms with Gasteiger partial charge in [-0.05, 0) is 83.7 Å². The largest absolute Gasteiger partial charge is 0.314 e. The molecule has 0 aromatic heterocycles. The van der Waals surface area contributed by atoms with Gasteiger partial charge in [0, 0.05) is 22.0 Å². The molecule has 0 saturated carbocycles. The standard InChI is InChI=1S/C31H39NS/c1-9-10-29(33)23-19-22(2)20-28(21-23)32(26-15-11-24(12-16-26)30(3,4)5)27-17-13-25(14-18-27)31(6,7)8/h9-13,15-17,19-21,33H,1,14,18H2,2-8H3/b29-10-. The molecule has 2 heteroatoms. The Kier molecular flexibility index (Phi) is 7.49. The second-order valence-electron chi connectivity index (χ2n) is 11.1. The van der Waals surface area contributed by atoms with Crippen molar-refractivity contribution in [1.82, 2.24) is 0 Å². The van der Waals surface area contributed by atoms with Gasteiger partial charge in [0.15, 0.2) is 0 Å². The van der Waals surface area contributed by atoms with Crippen LogP contribution in [0.15, 0.2) is 84.6 Å². The van der Waals surface area contributed by atoms with Crippen molar-refractivity contribution < 1.29 is 0 Å². The Morgan fingerprint density at radius 1 is 0.879 bits per heavy atom. The van der Waals surface area contributed by atoms with Crippen LogP contribution in [0.4, 0.5) is 11.4 Å². The minimum absolute atomic E-state index is 0.130. The molecular weight excluding hydrogens is 418 g/mol. The third-order valence-corrected chi connectivity index (χ3v) is 6.67. The van der Waals surface area contributed by atoms with Crippen LogP contribution in [0, 0.1) is 12.3 Å². The van der Waals surface area contributed by atoms with Crippen LogP contribution in [0.2, 0.25) is 0 Å². The van der Waals surface area contributed by atoms with E-state index in [1.165, 1.54) is 28.1 Å². The van der Waals surface area contributed by atoms with Gasteiger partial charge in [-0.25, -0.2) is 0 Å². The van der Waals surface area contributed by atoms with Crippen molar-refractivity contribution in [3.05, 3.63) is 101 Å². The number of hydrogen-bond donors (Lipinski definition) is 1. The summed E-state index contributed by atoms with van der Waals surface area (Å²) in [6.07, 6.45) is 10.5. The van der Waals surface area contributed by atoms with E-state index in [1.807, 2.05) is 6.08 Å². The van der Waals surface area contributed by atoms with Crippen LogP contribution >= 0.6 is 12.6 Å². The summed E-state index contributed by atoms with van der Waals surface area (Å²) in [7, 11) is 0. The third kappa shape index (κ3) is 6.12. The number of benzene rings is 2. The van der Waals surface area contributed by atoms with E-state index >= 15 is 0 Å². The van der Waals surface area contributed by atoms with Crippen LogP contribution < -0.4 is 4.90 Å². The van der Waals surface area contributed by atoms with Crippen LogP contribution in [0.1, 0.15) is 71.1 Å². The highest BCUT2D eigenvalue weighted by atomic mass is 32.1. The smallest absolute Gasteiger partial charge is 0.0467 e. The van der Waals surface area contributed by atoms with Crippen LogP contribution in [0.25, 0.3) is 4.91 Å². The van der Waals surface area contributed by atoms with Gasteiger partial charge < -0.3 is 4.90 Å². The van der Waals surface area contributed by atoms with Gasteiger partial charge in [0.2, 0.25) is 0 Å². The van der Waals surface area contributed by atoms with Crippen molar-refractivity contribution in [1.29, 1.82) is 0 Å². The van der Waals surface area contributed by atoms with Gasteiger partial charge in [0.1, 0.15) is 0 Å². The van der Waals surface area contributed by atoms with Crippen LogP contribution in [-0.4, -0.2) is 0 Å². The van der Waals surface area contributed by atoms with E-state index in [9.17, 15) is 0 Å². The van der Waals surface area contributed by atoms with Crippen molar-refractivity contribution in [2.75, 3.05) is 4.90 Å². The summed E-state index contributed by atoms with van der Waals surface area (Å²) < 4.78 is 0. The fraction of sp³-hybridized carbons (Fsp3) is 0.355. The second-order valence-corrected chi connectivity index (χ2v) is 11.6. The normalized spacial score (nSPS) is 15.1. The van der Waals surface area contributed by atoms with E-state index < -0.39 is 0 Å². The maximum absolute atomic E-state index is 4.71. The molecule has 0 atom stereocenters. The molecule has 174 valence electrons. The molecule has 0 radical (unpaired) electrons. The maximum Gasteiger partial charge on any atom is 0.0467 e. The average Bonchev–Trinajstić information content (AvgIpc) is 2.73. The van der Waals surface area contributed by atoms with E-state index in [1.54, 1.807) is 6.08 Å². The molecule has 0 N–H and O–H groups in total. The molecule has 0 unspecified atom stereocenters. The van der Waals surface area contributed by atoms with E-state index in [4.69, 9.17) is 12.6 Å². The Bertz CT molecular complexity index is 1100. The number of rotatable bonds is 5. The van der Waals surface area contributed by atoms with Crippen LogP contribution in [0.3, 0.4) is 0 Å². The van der Waals surface area contributed by atoms with Gasteiger partial charge in [-0.1, -0.05) is 84.0 Å². The lowest BCUT2D eigenvalue weighted by molar-refractivity contribution is 0.479. The zero-order valence-electron chi connectivity index (χ0n) is 21.4. The van der Waals surface area contributed by atoms with Crippen molar-refractivity contribution in [3.63, 3.8) is 0 Å². The molecular formula is C31H39NS. The number of thiol groups is 1. The molecule has 33 heavy (non-hydrogen) atoms. The quantitative estimate of drug-likeness (QED) is 0.345. The van der Waals surface area contributed by atoms with Crippen molar-refractivity contribution in [2.24, 2.45) is 5.41 Å². The molecule has 2 aromatic carbocycles. The molecule has 0 saturated heterocycles. The van der Waals surface area contributed by atoms with Gasteiger partial charge >= 0.3 is 0 Å². The molecule has 1 aliphatic rings. The first-order valence-electron chi connectivity index (χ1n) is 11.8. The fourth-order valence-electron chi connectivity index (χ4n) is 4.28. The lowest BCUT2D eigenvalue weighted by atomic mass is 9.81. The molecule has 3 rings (SSSR count). The lowest BCUT2D eigenvalue weighted by Gasteiger charge is -2.33. The second kappa shape index (κ2) is 9.81. The summed E-state index contributed by atoms with van der Waals surface area (Å²) in [4.78, 5) is 3.33. The highest BCUT2D eigenvalue weighted by Crippen LogP contribution is 2.40. The van der Waals surface area contributed by atoms with Crippen molar-refractivity contribution in [2.45, 2.75) is 66.7 Å². The molecule has 0 aliphatic heterocycles. The first kappa shape index (κ1) is 25.2. The molecule has 1 aliphatic carbocycles. The Hall–Kier alpha value is -2.45. The number of anilines is 2. The Balaban J connectivity index is 2.15. The minimum atomic E-state index is 0.130. The van der Waals surface area contributed by atoms with Gasteiger partial charge in [0.05, 0.1) is 0 Å². The van der Waals surface area contributed by atoms with E-state index in [2.05, 4.69) is 115 Å². The van der Waals surface area contributed by atoms with Gasteiger partial charge in [-0.15, -0.1) is 12.6 Å². The summed E-state index contributed by atoms with van der Waals surface area (Å²) in [5, 5.41) is 0. The SMILES string of the molecule is C=C/C=C(\S)c1cc(C)cc(N(C2=CC=C(C(C)(C)C)CC2)c2ccc(C(C)(C)C)cc2)c1. The Morgan fingerprint density at radius 3 is 2.06 bits per heavy atom. The lowest BCUT2D eigenvalue weighted by Crippen LogP contribution is -2.21. The summed E-state index contributed by atoms with van der Waals surface area (Å²) in [5.74, 6) is 0. The van der Waals surface area contributed by atoms with Crippen LogP contribution in [-0.2, 0) is 5.41 Å². The number of nitrogens with zero attached hydrogens (tertiary/aromatic N) is 1. The fourth-order valence-corrected chi connectivity index (χ4v) is 4.51. The molecule has 1 nitrogen and oxygen atoms in total. The van der Waals surface area contributed by atoms with Gasteiger partial charge in [-0.2, -0.15) is 0 Å². The van der Waals surface area contributed by atoms with Crippen molar-refractivity contribution in [3.8, 4) is 0 Å². The molecule has 0 fully saturated rings. The van der Waals surface area contributed by atoms with Crippen LogP contribution in [0.5, 0.6) is 0 Å². The molecule has 2 aromatic rings. The van der Waals surface area contributed by atoms with Gasteiger partial charge in [-0.3, -0.25) is 0 Å². The maximum atomic E-state index is 4.71. The summed E-state index contributed by atoms with van der Waals surface area (Å²) in [5.41, 5.74) is 9.16. The zero-order chi connectivity index (χ0) is 24.4. The van der Waals surface area contributed by atoms with Crippen molar-refractivity contribution >= 4 is 28.9 Å². The highest BCUT2D eigenvalue weighted by molar-refractivity contribution is 7.90. The van der Waals surface area contributed by atoms with E-state index in [0.29, 0.717) is 0 Å². The Labute approximate surface area is 207 Å². The first-order valence-corrected chi connectivity index (χ1v) is 12.3. The Morgan fingerprint density at radius 2 is 1.55 bits per heavy atom. The van der Waals surface area contributed by atoms with E-state index in [0.717, 1.165) is 29.0 Å². The first-order chi connectivity index (χ1) is 15.4. The minimum Gasteiger partial charge on any atom is -0.314 e. The molecule has 0 bridgehead atoms. The average molecular weight is 458 g/mol. The van der Waals surface area contributed by atoms with E-state index in [-0.39, 0.29) is 10.8 Å². The topological polar surface area (TPSA) is 3.24 Å². The zero-order valence-corrected chi connectivity index (χ0v) is 22.3. The summed E-state index contributed by atoms with van der Waals surface area (Å²) >= 11 is 4.71. The summed E-state index contributed by atoms with van der Waals surface area (Å²) in [6, 6.07) is 15.7. The third-order valence-electron chi connectivity index (χ3n) is 6.26.